The number of carbonyl (C=O) groups excluding carboxylic acids is 1. The minimum Gasteiger partial charge on any atom is -0.320 e. The van der Waals surface area contributed by atoms with Gasteiger partial charge in [-0.25, -0.2) is 4.39 Å². The van der Waals surface area contributed by atoms with E-state index in [4.69, 9.17) is 11.6 Å². The van der Waals surface area contributed by atoms with E-state index in [1.165, 1.54) is 18.2 Å². The zero-order valence-electron chi connectivity index (χ0n) is 8.52. The van der Waals surface area contributed by atoms with Crippen molar-refractivity contribution in [3.63, 3.8) is 0 Å². The average Bonchev–Trinajstić information content (AvgIpc) is 2.22. The molecule has 1 aromatic carbocycles. The van der Waals surface area contributed by atoms with Crippen molar-refractivity contribution in [3.8, 4) is 0 Å². The summed E-state index contributed by atoms with van der Waals surface area (Å²) >= 11 is 5.80. The molecule has 0 bridgehead atoms. The number of ketones is 1. The summed E-state index contributed by atoms with van der Waals surface area (Å²) in [5, 5.41) is 3.25. The van der Waals surface area contributed by atoms with E-state index in [1.807, 2.05) is 7.05 Å². The van der Waals surface area contributed by atoms with E-state index in [0.29, 0.717) is 11.4 Å². The molecule has 0 atom stereocenters. The second-order valence-electron chi connectivity index (χ2n) is 3.25. The Morgan fingerprint density at radius 2 is 2.27 bits per heavy atom. The topological polar surface area (TPSA) is 29.1 Å². The summed E-state index contributed by atoms with van der Waals surface area (Å²) < 4.78 is 12.9. The molecule has 2 nitrogen and oxygen atoms in total. The molecule has 0 aliphatic carbocycles. The van der Waals surface area contributed by atoms with Gasteiger partial charge in [0.1, 0.15) is 5.82 Å². The number of hydrogen-bond acceptors (Lipinski definition) is 2. The quantitative estimate of drug-likeness (QED) is 0.621. The van der Waals surface area contributed by atoms with Gasteiger partial charge in [0.25, 0.3) is 0 Å². The number of Topliss-reactive ketones (excluding diaryl/α,β-unsaturated/α-hetero) is 1. The summed E-state index contributed by atoms with van der Waals surface area (Å²) in [7, 11) is 1.82. The van der Waals surface area contributed by atoms with Gasteiger partial charge in [-0.1, -0.05) is 11.6 Å². The Hall–Kier alpha value is -0.930. The maximum absolute atomic E-state index is 12.9. The zero-order valence-corrected chi connectivity index (χ0v) is 9.27. The van der Waals surface area contributed by atoms with Gasteiger partial charge in [0.15, 0.2) is 5.78 Å². The molecule has 82 valence electrons. The molecule has 0 saturated carbocycles. The standard InChI is InChI=1S/C11H13ClFNO/c1-14-6-2-3-11(15)9-7-8(13)4-5-10(9)12/h4-5,7,14H,2-3,6H2,1H3. The van der Waals surface area contributed by atoms with Crippen LogP contribution in [0.1, 0.15) is 23.2 Å². The van der Waals surface area contributed by atoms with Gasteiger partial charge in [-0.3, -0.25) is 4.79 Å². The molecule has 0 aromatic heterocycles. The van der Waals surface area contributed by atoms with E-state index in [2.05, 4.69) is 5.32 Å². The van der Waals surface area contributed by atoms with Gasteiger partial charge >= 0.3 is 0 Å². The van der Waals surface area contributed by atoms with Gasteiger partial charge in [-0.05, 0) is 38.2 Å². The molecule has 1 rings (SSSR count). The number of halogens is 2. The van der Waals surface area contributed by atoms with Crippen LogP contribution in [-0.2, 0) is 0 Å². The van der Waals surface area contributed by atoms with Gasteiger partial charge in [0, 0.05) is 12.0 Å². The normalized spacial score (nSPS) is 10.3. The van der Waals surface area contributed by atoms with Crippen LogP contribution in [0.25, 0.3) is 0 Å². The van der Waals surface area contributed by atoms with E-state index in [0.717, 1.165) is 13.0 Å². The molecule has 4 heteroatoms. The molecule has 0 radical (unpaired) electrons. The summed E-state index contributed by atoms with van der Waals surface area (Å²) in [5.74, 6) is -0.550. The largest absolute Gasteiger partial charge is 0.320 e. The highest BCUT2D eigenvalue weighted by molar-refractivity contribution is 6.33. The second kappa shape index (κ2) is 5.83. The van der Waals surface area contributed by atoms with Crippen LogP contribution in [0, 0.1) is 5.82 Å². The van der Waals surface area contributed by atoms with E-state index < -0.39 is 5.82 Å². The fourth-order valence-electron chi connectivity index (χ4n) is 1.27. The van der Waals surface area contributed by atoms with Crippen LogP contribution in [0.3, 0.4) is 0 Å². The third-order valence-corrected chi connectivity index (χ3v) is 2.39. The molecule has 15 heavy (non-hydrogen) atoms. The third-order valence-electron chi connectivity index (χ3n) is 2.06. The van der Waals surface area contributed by atoms with Crippen LogP contribution in [0.4, 0.5) is 4.39 Å². The lowest BCUT2D eigenvalue weighted by Crippen LogP contribution is -2.10. The van der Waals surface area contributed by atoms with Crippen molar-refractivity contribution in [1.82, 2.24) is 5.32 Å². The maximum Gasteiger partial charge on any atom is 0.164 e. The summed E-state index contributed by atoms with van der Waals surface area (Å²) in [4.78, 5) is 11.6. The first kappa shape index (κ1) is 12.1. The molecule has 0 amide bonds. The Kier molecular flexibility index (Phi) is 4.72. The van der Waals surface area contributed by atoms with E-state index in [-0.39, 0.29) is 11.3 Å². The number of carbonyl (C=O) groups is 1. The lowest BCUT2D eigenvalue weighted by molar-refractivity contribution is 0.0980. The van der Waals surface area contributed by atoms with Crippen LogP contribution in [0.2, 0.25) is 5.02 Å². The first-order chi connectivity index (χ1) is 7.15. The van der Waals surface area contributed by atoms with Gasteiger partial charge in [0.2, 0.25) is 0 Å². The highest BCUT2D eigenvalue weighted by Crippen LogP contribution is 2.19. The number of benzene rings is 1. The average molecular weight is 230 g/mol. The first-order valence-electron chi connectivity index (χ1n) is 4.78. The lowest BCUT2D eigenvalue weighted by Gasteiger charge is -2.03. The van der Waals surface area contributed by atoms with Gasteiger partial charge < -0.3 is 5.32 Å². The van der Waals surface area contributed by atoms with Crippen LogP contribution in [-0.4, -0.2) is 19.4 Å². The monoisotopic (exact) mass is 229 g/mol. The Morgan fingerprint density at radius 3 is 2.93 bits per heavy atom. The van der Waals surface area contributed by atoms with Crippen LogP contribution in [0.5, 0.6) is 0 Å². The fourth-order valence-corrected chi connectivity index (χ4v) is 1.49. The fraction of sp³-hybridized carbons (Fsp3) is 0.364. The minimum atomic E-state index is -0.434. The van der Waals surface area contributed by atoms with Crippen molar-refractivity contribution in [2.24, 2.45) is 0 Å². The predicted octanol–water partition coefficient (Wildman–Crippen LogP) is 2.66. The molecule has 0 aliphatic heterocycles. The second-order valence-corrected chi connectivity index (χ2v) is 3.66. The Morgan fingerprint density at radius 1 is 1.53 bits per heavy atom. The van der Waals surface area contributed by atoms with Crippen molar-refractivity contribution in [1.29, 1.82) is 0 Å². The van der Waals surface area contributed by atoms with Crippen LogP contribution >= 0.6 is 11.6 Å². The number of rotatable bonds is 5. The lowest BCUT2D eigenvalue weighted by atomic mass is 10.1. The summed E-state index contributed by atoms with van der Waals surface area (Å²) in [6.07, 6.45) is 1.10. The van der Waals surface area contributed by atoms with E-state index in [1.54, 1.807) is 0 Å². The van der Waals surface area contributed by atoms with Crippen molar-refractivity contribution >= 4 is 17.4 Å². The first-order valence-corrected chi connectivity index (χ1v) is 5.16. The van der Waals surface area contributed by atoms with Crippen molar-refractivity contribution in [2.75, 3.05) is 13.6 Å². The zero-order chi connectivity index (χ0) is 11.3. The molecule has 0 aliphatic rings. The SMILES string of the molecule is CNCCCC(=O)c1cc(F)ccc1Cl. The molecular weight excluding hydrogens is 217 g/mol. The predicted molar refractivity (Wildman–Crippen MR) is 58.9 cm³/mol. The van der Waals surface area contributed by atoms with Gasteiger partial charge in [0.05, 0.1) is 5.02 Å². The van der Waals surface area contributed by atoms with E-state index in [9.17, 15) is 9.18 Å². The summed E-state index contributed by atoms with van der Waals surface area (Å²) in [5.41, 5.74) is 0.271. The Balaban J connectivity index is 2.68. The maximum atomic E-state index is 12.9. The van der Waals surface area contributed by atoms with Crippen molar-refractivity contribution < 1.29 is 9.18 Å². The molecule has 0 fully saturated rings. The number of nitrogens with one attached hydrogen (secondary N) is 1. The highest BCUT2D eigenvalue weighted by atomic mass is 35.5. The van der Waals surface area contributed by atoms with Gasteiger partial charge in [-0.2, -0.15) is 0 Å². The molecule has 0 heterocycles. The summed E-state index contributed by atoms with van der Waals surface area (Å²) in [6, 6.07) is 3.83. The molecule has 0 saturated heterocycles. The minimum absolute atomic E-state index is 0.116. The summed E-state index contributed by atoms with van der Waals surface area (Å²) in [6.45, 7) is 0.763. The van der Waals surface area contributed by atoms with Crippen LogP contribution in [0.15, 0.2) is 18.2 Å². The Bertz CT molecular complexity index is 354. The van der Waals surface area contributed by atoms with Crippen molar-refractivity contribution in [2.45, 2.75) is 12.8 Å². The van der Waals surface area contributed by atoms with Gasteiger partial charge in [-0.15, -0.1) is 0 Å². The smallest absolute Gasteiger partial charge is 0.164 e. The molecule has 1 N–H and O–H groups in total. The highest BCUT2D eigenvalue weighted by Gasteiger charge is 2.10. The van der Waals surface area contributed by atoms with Crippen LogP contribution < -0.4 is 5.32 Å². The van der Waals surface area contributed by atoms with Crippen molar-refractivity contribution in [3.05, 3.63) is 34.6 Å². The molecule has 0 spiro atoms. The molecule has 0 unspecified atom stereocenters. The Labute approximate surface area is 93.4 Å². The molecular formula is C11H13ClFNO. The third kappa shape index (κ3) is 3.61. The number of hydrogen-bond donors (Lipinski definition) is 1. The van der Waals surface area contributed by atoms with E-state index >= 15 is 0 Å². The molecule has 1 aromatic rings.